The van der Waals surface area contributed by atoms with E-state index in [2.05, 4.69) is 52.7 Å². The minimum Gasteiger partial charge on any atom is -0.392 e. The third-order valence-corrected chi connectivity index (χ3v) is 8.95. The van der Waals surface area contributed by atoms with Gasteiger partial charge in [0.1, 0.15) is 0 Å². The van der Waals surface area contributed by atoms with Gasteiger partial charge in [-0.25, -0.2) is 5.48 Å². The molecule has 2 amide bonds. The third-order valence-electron chi connectivity index (χ3n) is 8.95. The Hall–Kier alpha value is -3.60. The Morgan fingerprint density at radius 3 is 2.22 bits per heavy atom. The van der Waals surface area contributed by atoms with E-state index in [4.69, 9.17) is 14.7 Å². The van der Waals surface area contributed by atoms with Crippen molar-refractivity contribution >= 4 is 11.8 Å². The Balaban J connectivity index is 1.22. The zero-order valence-corrected chi connectivity index (χ0v) is 26.5. The molecule has 3 aromatic rings. The van der Waals surface area contributed by atoms with Crippen LogP contribution in [-0.2, 0) is 32.2 Å². The van der Waals surface area contributed by atoms with Crippen LogP contribution in [0.4, 0.5) is 0 Å². The van der Waals surface area contributed by atoms with Crippen molar-refractivity contribution in [2.75, 3.05) is 19.6 Å². The lowest BCUT2D eigenvalue weighted by Gasteiger charge is -2.39. The molecule has 2 aliphatic heterocycles. The molecule has 0 bridgehead atoms. The number of ether oxygens (including phenoxy) is 2. The van der Waals surface area contributed by atoms with Crippen molar-refractivity contribution in [2.45, 2.75) is 89.4 Å². The summed E-state index contributed by atoms with van der Waals surface area (Å²) in [6.07, 6.45) is 6.70. The van der Waals surface area contributed by atoms with Crippen LogP contribution in [0.5, 0.6) is 0 Å². The lowest BCUT2D eigenvalue weighted by molar-refractivity contribution is -0.253. The van der Waals surface area contributed by atoms with E-state index in [1.54, 1.807) is 5.48 Å². The van der Waals surface area contributed by atoms with Gasteiger partial charge >= 0.3 is 0 Å². The van der Waals surface area contributed by atoms with E-state index in [1.165, 1.54) is 19.3 Å². The average Bonchev–Trinajstić information content (AvgIpc) is 3.11. The zero-order valence-electron chi connectivity index (χ0n) is 26.5. The third kappa shape index (κ3) is 9.70. The normalized spacial score (nSPS) is 20.3. The minimum absolute atomic E-state index is 0.0199. The van der Waals surface area contributed by atoms with Crippen LogP contribution >= 0.6 is 0 Å². The highest BCUT2D eigenvalue weighted by Gasteiger charge is 2.33. The van der Waals surface area contributed by atoms with Crippen molar-refractivity contribution in [3.05, 3.63) is 95.1 Å². The maximum absolute atomic E-state index is 12.5. The van der Waals surface area contributed by atoms with E-state index in [0.29, 0.717) is 25.8 Å². The van der Waals surface area contributed by atoms with Crippen molar-refractivity contribution in [1.29, 1.82) is 0 Å². The SMILES string of the molecule is O=C(CCCCCC(=O)NCc1ccccc1-c1ccc(C2OC(CN3CCCCC3)CC(c3ccc(CO)cc3)O2)cc1)NO. The number of piperidine rings is 1. The molecule has 0 spiro atoms. The Morgan fingerprint density at radius 1 is 0.804 bits per heavy atom. The first-order chi connectivity index (χ1) is 22.5. The van der Waals surface area contributed by atoms with Crippen LogP contribution in [0, 0.1) is 0 Å². The van der Waals surface area contributed by atoms with Crippen LogP contribution in [0.25, 0.3) is 11.1 Å². The predicted octanol–water partition coefficient (Wildman–Crippen LogP) is 5.95. The van der Waals surface area contributed by atoms with Crippen LogP contribution < -0.4 is 10.8 Å². The number of nitrogens with one attached hydrogen (secondary N) is 2. The summed E-state index contributed by atoms with van der Waals surface area (Å²) in [6.45, 7) is 3.56. The maximum atomic E-state index is 12.5. The molecule has 4 N–H and O–H groups in total. The fourth-order valence-corrected chi connectivity index (χ4v) is 6.32. The van der Waals surface area contributed by atoms with Crippen molar-refractivity contribution in [1.82, 2.24) is 15.7 Å². The second-order valence-corrected chi connectivity index (χ2v) is 12.4. The smallest absolute Gasteiger partial charge is 0.243 e. The number of carbonyl (C=O) groups is 2. The molecule has 0 saturated carbocycles. The summed E-state index contributed by atoms with van der Waals surface area (Å²) in [4.78, 5) is 26.1. The molecule has 3 atom stereocenters. The largest absolute Gasteiger partial charge is 0.392 e. The molecule has 2 fully saturated rings. The van der Waals surface area contributed by atoms with Crippen LogP contribution in [-0.4, -0.2) is 52.8 Å². The molecule has 3 aromatic carbocycles. The first kappa shape index (κ1) is 33.8. The summed E-state index contributed by atoms with van der Waals surface area (Å²) in [7, 11) is 0. The van der Waals surface area contributed by atoms with Crippen LogP contribution in [0.2, 0.25) is 0 Å². The van der Waals surface area contributed by atoms with E-state index >= 15 is 0 Å². The van der Waals surface area contributed by atoms with Crippen molar-refractivity contribution in [3.63, 3.8) is 0 Å². The summed E-state index contributed by atoms with van der Waals surface area (Å²) in [5, 5.41) is 21.1. The van der Waals surface area contributed by atoms with Gasteiger partial charge in [0.05, 0.1) is 18.8 Å². The molecule has 9 nitrogen and oxygen atoms in total. The zero-order chi connectivity index (χ0) is 32.1. The van der Waals surface area contributed by atoms with Crippen molar-refractivity contribution in [3.8, 4) is 11.1 Å². The summed E-state index contributed by atoms with van der Waals surface area (Å²) in [6, 6.07) is 24.4. The first-order valence-corrected chi connectivity index (χ1v) is 16.6. The minimum atomic E-state index is -0.493. The molecule has 2 heterocycles. The molecule has 9 heteroatoms. The second kappa shape index (κ2) is 17.4. The number of rotatable bonds is 14. The number of hydroxylamine groups is 1. The number of nitrogens with zero attached hydrogens (tertiary/aromatic N) is 1. The van der Waals surface area contributed by atoms with Gasteiger partial charge in [0.15, 0.2) is 6.29 Å². The highest BCUT2D eigenvalue weighted by atomic mass is 16.7. The van der Waals surface area contributed by atoms with Crippen LogP contribution in [0.1, 0.15) is 92.4 Å². The molecular weight excluding hydrogens is 582 g/mol. The number of carbonyl (C=O) groups excluding carboxylic acids is 2. The summed E-state index contributed by atoms with van der Waals surface area (Å²) in [5.74, 6) is -0.428. The van der Waals surface area contributed by atoms with Crippen LogP contribution in [0.3, 0.4) is 0 Å². The molecular formula is C37H47N3O6. The Bertz CT molecular complexity index is 1390. The molecule has 5 rings (SSSR count). The van der Waals surface area contributed by atoms with Gasteiger partial charge in [-0.2, -0.15) is 0 Å². The monoisotopic (exact) mass is 629 g/mol. The number of hydrogen-bond donors (Lipinski definition) is 4. The van der Waals surface area contributed by atoms with Gasteiger partial charge in [0.25, 0.3) is 0 Å². The molecule has 3 unspecified atom stereocenters. The number of aliphatic hydroxyl groups excluding tert-OH is 1. The second-order valence-electron chi connectivity index (χ2n) is 12.4. The van der Waals surface area contributed by atoms with E-state index in [9.17, 15) is 14.7 Å². The molecule has 2 saturated heterocycles. The molecule has 0 radical (unpaired) electrons. The maximum Gasteiger partial charge on any atom is 0.243 e. The summed E-state index contributed by atoms with van der Waals surface area (Å²) in [5.41, 5.74) is 7.70. The Labute approximate surface area is 271 Å². The molecule has 0 aliphatic carbocycles. The van der Waals surface area contributed by atoms with Gasteiger partial charge in [-0.3, -0.25) is 14.8 Å². The van der Waals surface area contributed by atoms with E-state index < -0.39 is 12.2 Å². The fraction of sp³-hybridized carbons (Fsp3) is 0.459. The topological polar surface area (TPSA) is 120 Å². The highest BCUT2D eigenvalue weighted by molar-refractivity contribution is 5.76. The fourth-order valence-electron chi connectivity index (χ4n) is 6.32. The van der Waals surface area contributed by atoms with E-state index in [1.807, 2.05) is 30.3 Å². The van der Waals surface area contributed by atoms with E-state index in [0.717, 1.165) is 65.9 Å². The van der Waals surface area contributed by atoms with Crippen molar-refractivity contribution in [2.24, 2.45) is 0 Å². The average molecular weight is 630 g/mol. The number of aliphatic hydroxyl groups is 1. The molecule has 2 aliphatic rings. The quantitative estimate of drug-likeness (QED) is 0.0989. The molecule has 0 aromatic heterocycles. The van der Waals surface area contributed by atoms with Gasteiger partial charge < -0.3 is 24.8 Å². The lowest BCUT2D eigenvalue weighted by atomic mass is 9.97. The van der Waals surface area contributed by atoms with Crippen LogP contribution in [0.15, 0.2) is 72.8 Å². The number of hydrogen-bond acceptors (Lipinski definition) is 7. The first-order valence-electron chi connectivity index (χ1n) is 16.6. The molecule has 46 heavy (non-hydrogen) atoms. The molecule has 246 valence electrons. The number of likely N-dealkylation sites (tertiary alicyclic amines) is 1. The Morgan fingerprint density at radius 2 is 1.50 bits per heavy atom. The Kier molecular flexibility index (Phi) is 12.7. The van der Waals surface area contributed by atoms with Gasteiger partial charge in [-0.1, -0.05) is 85.6 Å². The van der Waals surface area contributed by atoms with Gasteiger partial charge in [-0.05, 0) is 66.6 Å². The van der Waals surface area contributed by atoms with Gasteiger partial charge in [-0.15, -0.1) is 0 Å². The highest BCUT2D eigenvalue weighted by Crippen LogP contribution is 2.39. The number of unbranched alkanes of at least 4 members (excludes halogenated alkanes) is 2. The summed E-state index contributed by atoms with van der Waals surface area (Å²) >= 11 is 0. The standard InChI is InChI=1S/C37H47N3O6/c41-26-27-13-15-29(16-14-27)34-23-32(25-40-21-7-2-8-22-40)45-37(46-34)30-19-17-28(18-20-30)33-10-6-5-9-31(33)24-38-35(42)11-3-1-4-12-36(43)39-44/h5-6,9-10,13-20,32,34,37,41,44H,1-4,7-8,11-12,21-26H2,(H,38,42)(H,39,43). The summed E-state index contributed by atoms with van der Waals surface area (Å²) < 4.78 is 13.2. The number of benzene rings is 3. The van der Waals surface area contributed by atoms with E-state index in [-0.39, 0.29) is 31.1 Å². The van der Waals surface area contributed by atoms with Gasteiger partial charge in [0, 0.05) is 37.9 Å². The number of amides is 2. The predicted molar refractivity (Wildman–Crippen MR) is 175 cm³/mol. The van der Waals surface area contributed by atoms with Gasteiger partial charge in [0.2, 0.25) is 11.8 Å². The lowest BCUT2D eigenvalue weighted by Crippen LogP contribution is -2.41. The van der Waals surface area contributed by atoms with Crippen molar-refractivity contribution < 1.29 is 29.4 Å².